The number of nitrogens with one attached hydrogen (secondary N) is 2. The molecule has 2 aliphatic rings. The van der Waals surface area contributed by atoms with Crippen LogP contribution in [0.4, 0.5) is 0 Å². The molecule has 20 heavy (non-hydrogen) atoms. The van der Waals surface area contributed by atoms with Crippen molar-refractivity contribution in [2.24, 2.45) is 5.92 Å². The first-order valence-electron chi connectivity index (χ1n) is 7.39. The molecule has 6 heteroatoms. The normalized spacial score (nSPS) is 21.1. The third-order valence-electron chi connectivity index (χ3n) is 4.19. The molecule has 0 bridgehead atoms. The van der Waals surface area contributed by atoms with E-state index in [1.165, 1.54) is 0 Å². The van der Waals surface area contributed by atoms with Crippen LogP contribution in [0.25, 0.3) is 0 Å². The van der Waals surface area contributed by atoms with Gasteiger partial charge in [0.2, 0.25) is 10.0 Å². The van der Waals surface area contributed by atoms with Gasteiger partial charge >= 0.3 is 0 Å². The zero-order valence-electron chi connectivity index (χ0n) is 12.1. The zero-order chi connectivity index (χ0) is 14.3. The van der Waals surface area contributed by atoms with Crippen molar-refractivity contribution < 1.29 is 8.42 Å². The molecule has 2 saturated carbocycles. The van der Waals surface area contributed by atoms with Crippen molar-refractivity contribution in [3.05, 3.63) is 18.0 Å². The number of hydrogen-bond acceptors (Lipinski definition) is 3. The highest BCUT2D eigenvalue weighted by Crippen LogP contribution is 2.37. The summed E-state index contributed by atoms with van der Waals surface area (Å²) in [5, 5.41) is 3.10. The van der Waals surface area contributed by atoms with Crippen LogP contribution >= 0.6 is 0 Å². The highest BCUT2D eigenvalue weighted by Gasteiger charge is 2.33. The molecule has 0 radical (unpaired) electrons. The van der Waals surface area contributed by atoms with Crippen molar-refractivity contribution in [1.82, 2.24) is 14.6 Å². The minimum absolute atomic E-state index is 0.0389. The summed E-state index contributed by atoms with van der Waals surface area (Å²) in [6.45, 7) is 2.66. The topological polar surface area (TPSA) is 63.1 Å². The largest absolute Gasteiger partial charge is 0.346 e. The maximum atomic E-state index is 12.4. The van der Waals surface area contributed by atoms with Gasteiger partial charge in [-0.2, -0.15) is 0 Å². The molecule has 0 aromatic carbocycles. The van der Waals surface area contributed by atoms with Crippen LogP contribution in [0.1, 0.15) is 44.3 Å². The van der Waals surface area contributed by atoms with Gasteiger partial charge in [0, 0.05) is 30.5 Å². The van der Waals surface area contributed by atoms with E-state index in [1.807, 2.05) is 14.0 Å². The highest BCUT2D eigenvalue weighted by atomic mass is 32.2. The molecule has 2 fully saturated rings. The van der Waals surface area contributed by atoms with Crippen LogP contribution in [-0.4, -0.2) is 26.1 Å². The number of nitrogens with zero attached hydrogens (tertiary/aromatic N) is 1. The van der Waals surface area contributed by atoms with E-state index in [9.17, 15) is 8.42 Å². The van der Waals surface area contributed by atoms with Gasteiger partial charge in [-0.05, 0) is 51.6 Å². The molecule has 1 aromatic rings. The molecule has 1 heterocycles. The first kappa shape index (κ1) is 14.1. The maximum absolute atomic E-state index is 12.4. The molecule has 1 unspecified atom stereocenters. The van der Waals surface area contributed by atoms with E-state index in [4.69, 9.17) is 0 Å². The molecule has 0 aliphatic heterocycles. The highest BCUT2D eigenvalue weighted by molar-refractivity contribution is 7.89. The fraction of sp³-hybridized carbons (Fsp3) is 0.714. The van der Waals surface area contributed by atoms with Gasteiger partial charge in [-0.1, -0.05) is 0 Å². The standard InChI is InChI=1S/C14H23N3O2S/c1-10(11-3-4-11)16-20(18,19)14-7-13(8-15-2)17(9-14)12-5-6-12/h7,9-12,15-16H,3-6,8H2,1-2H3. The van der Waals surface area contributed by atoms with Gasteiger partial charge < -0.3 is 9.88 Å². The minimum atomic E-state index is -3.39. The monoisotopic (exact) mass is 297 g/mol. The fourth-order valence-electron chi connectivity index (χ4n) is 2.66. The van der Waals surface area contributed by atoms with Crippen molar-refractivity contribution in [3.8, 4) is 0 Å². The van der Waals surface area contributed by atoms with Gasteiger partial charge in [0.15, 0.2) is 0 Å². The number of sulfonamides is 1. The molecule has 2 N–H and O–H groups in total. The molecule has 0 spiro atoms. The van der Waals surface area contributed by atoms with Gasteiger partial charge in [-0.25, -0.2) is 13.1 Å². The van der Waals surface area contributed by atoms with Crippen LogP contribution in [0.15, 0.2) is 17.2 Å². The molecule has 5 nitrogen and oxygen atoms in total. The van der Waals surface area contributed by atoms with E-state index in [-0.39, 0.29) is 6.04 Å². The summed E-state index contributed by atoms with van der Waals surface area (Å²) in [7, 11) is -1.51. The van der Waals surface area contributed by atoms with Crippen LogP contribution < -0.4 is 10.0 Å². The Hall–Kier alpha value is -0.850. The first-order valence-corrected chi connectivity index (χ1v) is 8.87. The lowest BCUT2D eigenvalue weighted by Crippen LogP contribution is -2.33. The predicted octanol–water partition coefficient (Wildman–Crippen LogP) is 1.62. The van der Waals surface area contributed by atoms with Crippen molar-refractivity contribution >= 4 is 10.0 Å². The van der Waals surface area contributed by atoms with Crippen molar-refractivity contribution in [2.45, 2.75) is 56.1 Å². The third kappa shape index (κ3) is 2.92. The summed E-state index contributed by atoms with van der Waals surface area (Å²) in [5.41, 5.74) is 1.05. The zero-order valence-corrected chi connectivity index (χ0v) is 12.9. The number of aromatic nitrogens is 1. The van der Waals surface area contributed by atoms with Crippen LogP contribution in [0.2, 0.25) is 0 Å². The molecular weight excluding hydrogens is 274 g/mol. The van der Waals surface area contributed by atoms with Crippen molar-refractivity contribution in [1.29, 1.82) is 0 Å². The Morgan fingerprint density at radius 3 is 2.60 bits per heavy atom. The van der Waals surface area contributed by atoms with Gasteiger partial charge in [0.05, 0.1) is 4.90 Å². The third-order valence-corrected chi connectivity index (χ3v) is 5.71. The molecule has 112 valence electrons. The Balaban J connectivity index is 1.82. The SMILES string of the molecule is CNCc1cc(S(=O)(=O)NC(C)C2CC2)cn1C1CC1. The molecule has 1 aromatic heterocycles. The summed E-state index contributed by atoms with van der Waals surface area (Å²) >= 11 is 0. The molecular formula is C14H23N3O2S. The van der Waals surface area contributed by atoms with Crippen LogP contribution in [0.3, 0.4) is 0 Å². The Morgan fingerprint density at radius 1 is 1.35 bits per heavy atom. The second-order valence-corrected chi connectivity index (χ2v) is 7.80. The summed E-state index contributed by atoms with van der Waals surface area (Å²) < 4.78 is 29.8. The summed E-state index contributed by atoms with van der Waals surface area (Å²) in [6, 6.07) is 2.33. The summed E-state index contributed by atoms with van der Waals surface area (Å²) in [5.74, 6) is 0.520. The lowest BCUT2D eigenvalue weighted by atomic mass is 10.2. The fourth-order valence-corrected chi connectivity index (χ4v) is 4.03. The van der Waals surface area contributed by atoms with E-state index < -0.39 is 10.0 Å². The second-order valence-electron chi connectivity index (χ2n) is 6.08. The molecule has 0 amide bonds. The van der Waals surface area contributed by atoms with Gasteiger partial charge in [-0.15, -0.1) is 0 Å². The Labute approximate surface area is 120 Å². The molecule has 2 aliphatic carbocycles. The molecule has 0 saturated heterocycles. The van der Waals surface area contributed by atoms with E-state index in [2.05, 4.69) is 14.6 Å². The summed E-state index contributed by atoms with van der Waals surface area (Å²) in [6.07, 6.45) is 6.37. The van der Waals surface area contributed by atoms with Crippen LogP contribution in [-0.2, 0) is 16.6 Å². The van der Waals surface area contributed by atoms with Crippen LogP contribution in [0.5, 0.6) is 0 Å². The van der Waals surface area contributed by atoms with E-state index in [0.29, 0.717) is 23.4 Å². The Bertz CT molecular complexity index is 586. The minimum Gasteiger partial charge on any atom is -0.346 e. The predicted molar refractivity (Wildman–Crippen MR) is 78.0 cm³/mol. The lowest BCUT2D eigenvalue weighted by molar-refractivity contribution is 0.538. The summed E-state index contributed by atoms with van der Waals surface area (Å²) in [4.78, 5) is 0.405. The van der Waals surface area contributed by atoms with Crippen molar-refractivity contribution in [2.75, 3.05) is 7.05 Å². The van der Waals surface area contributed by atoms with E-state index >= 15 is 0 Å². The number of hydrogen-bond donors (Lipinski definition) is 2. The maximum Gasteiger partial charge on any atom is 0.242 e. The van der Waals surface area contributed by atoms with E-state index in [0.717, 1.165) is 31.4 Å². The molecule has 1 atom stereocenters. The average Bonchev–Trinajstić information content (AvgIpc) is 3.27. The van der Waals surface area contributed by atoms with Crippen molar-refractivity contribution in [3.63, 3.8) is 0 Å². The van der Waals surface area contributed by atoms with Gasteiger partial charge in [-0.3, -0.25) is 0 Å². The van der Waals surface area contributed by atoms with Crippen LogP contribution in [0, 0.1) is 5.92 Å². The lowest BCUT2D eigenvalue weighted by Gasteiger charge is -2.12. The smallest absolute Gasteiger partial charge is 0.242 e. The first-order chi connectivity index (χ1) is 9.51. The Kier molecular flexibility index (Phi) is 3.64. The average molecular weight is 297 g/mol. The number of rotatable bonds is 7. The second kappa shape index (κ2) is 5.16. The quantitative estimate of drug-likeness (QED) is 0.804. The Morgan fingerprint density at radius 2 is 2.05 bits per heavy atom. The molecule has 3 rings (SSSR count). The van der Waals surface area contributed by atoms with Gasteiger partial charge in [0.25, 0.3) is 0 Å². The van der Waals surface area contributed by atoms with E-state index in [1.54, 1.807) is 12.3 Å². The van der Waals surface area contributed by atoms with Gasteiger partial charge in [0.1, 0.15) is 0 Å².